The molecule has 1 fully saturated rings. The fourth-order valence-electron chi connectivity index (χ4n) is 2.38. The highest BCUT2D eigenvalue weighted by atomic mass is 32.1. The van der Waals surface area contributed by atoms with Crippen LogP contribution in [0.2, 0.25) is 0 Å². The number of nitrogens with zero attached hydrogens (tertiary/aromatic N) is 2. The zero-order chi connectivity index (χ0) is 17.3. The van der Waals surface area contributed by atoms with Crippen LogP contribution >= 0.6 is 11.3 Å². The Morgan fingerprint density at radius 3 is 2.96 bits per heavy atom. The normalized spacial score (nSPS) is 19.0. The molecule has 1 aromatic heterocycles. The molecule has 1 saturated heterocycles. The van der Waals surface area contributed by atoms with Crippen molar-refractivity contribution in [3.63, 3.8) is 0 Å². The first-order chi connectivity index (χ1) is 11.3. The number of halogens is 3. The summed E-state index contributed by atoms with van der Waals surface area (Å²) in [5, 5.41) is 4.03. The van der Waals surface area contributed by atoms with Crippen LogP contribution in [-0.4, -0.2) is 29.5 Å². The molecule has 2 aromatic rings. The first-order valence-electron chi connectivity index (χ1n) is 7.14. The van der Waals surface area contributed by atoms with Crippen molar-refractivity contribution in [3.8, 4) is 5.75 Å². The molecule has 1 aliphatic heterocycles. The van der Waals surface area contributed by atoms with Crippen molar-refractivity contribution < 1.29 is 27.4 Å². The van der Waals surface area contributed by atoms with Gasteiger partial charge in [-0.2, -0.15) is 0 Å². The number of hydrogen-bond acceptors (Lipinski definition) is 5. The molecule has 3 rings (SSSR count). The van der Waals surface area contributed by atoms with Gasteiger partial charge in [0.15, 0.2) is 0 Å². The molecule has 1 aromatic carbocycles. The second kappa shape index (κ2) is 6.44. The summed E-state index contributed by atoms with van der Waals surface area (Å²) < 4.78 is 48.2. The Hall–Kier alpha value is -2.07. The molecule has 1 N–H and O–H groups in total. The van der Waals surface area contributed by atoms with Crippen molar-refractivity contribution in [1.82, 2.24) is 9.99 Å². The lowest BCUT2D eigenvalue weighted by molar-refractivity contribution is -0.274. The Balaban J connectivity index is 1.84. The summed E-state index contributed by atoms with van der Waals surface area (Å²) in [6.07, 6.45) is -3.76. The first-order valence-corrected chi connectivity index (χ1v) is 7.96. The lowest BCUT2D eigenvalue weighted by Gasteiger charge is -2.08. The smallest absolute Gasteiger partial charge is 0.406 e. The van der Waals surface area contributed by atoms with Crippen molar-refractivity contribution in [2.75, 3.05) is 6.61 Å². The summed E-state index contributed by atoms with van der Waals surface area (Å²) in [5.41, 5.74) is 3.12. The summed E-state index contributed by atoms with van der Waals surface area (Å²) in [6.45, 7) is 0.552. The maximum Gasteiger partial charge on any atom is 0.573 e. The minimum atomic E-state index is -4.74. The molecule has 0 spiro atoms. The molecule has 0 saturated carbocycles. The number of amides is 1. The highest BCUT2D eigenvalue weighted by molar-refractivity contribution is 7.16. The van der Waals surface area contributed by atoms with Gasteiger partial charge in [-0.25, -0.2) is 5.43 Å². The SMILES string of the molecule is Cn1/c(=N\NC(=O)C2CCCO2)sc2cc(OC(F)(F)F)ccc21. The Labute approximate surface area is 138 Å². The molecule has 2 heterocycles. The quantitative estimate of drug-likeness (QED) is 0.853. The molecule has 130 valence electrons. The van der Waals surface area contributed by atoms with Crippen LogP contribution in [0.25, 0.3) is 10.2 Å². The minimum absolute atomic E-state index is 0.299. The van der Waals surface area contributed by atoms with E-state index in [1.807, 2.05) is 0 Å². The van der Waals surface area contributed by atoms with E-state index in [0.29, 0.717) is 28.0 Å². The first kappa shape index (κ1) is 16.8. The second-order valence-electron chi connectivity index (χ2n) is 5.21. The largest absolute Gasteiger partial charge is 0.573 e. The summed E-state index contributed by atoms with van der Waals surface area (Å²) in [5.74, 6) is -0.627. The van der Waals surface area contributed by atoms with E-state index in [9.17, 15) is 18.0 Å². The summed E-state index contributed by atoms with van der Waals surface area (Å²) in [6, 6.07) is 4.03. The van der Waals surface area contributed by atoms with Gasteiger partial charge in [-0.1, -0.05) is 11.3 Å². The Morgan fingerprint density at radius 2 is 2.29 bits per heavy atom. The van der Waals surface area contributed by atoms with E-state index in [0.717, 1.165) is 17.8 Å². The number of fused-ring (bicyclic) bond motifs is 1. The lowest BCUT2D eigenvalue weighted by atomic mass is 10.2. The van der Waals surface area contributed by atoms with Crippen molar-refractivity contribution in [2.24, 2.45) is 12.1 Å². The predicted molar refractivity (Wildman–Crippen MR) is 80.2 cm³/mol. The van der Waals surface area contributed by atoms with Crippen molar-refractivity contribution in [2.45, 2.75) is 25.3 Å². The molecule has 0 radical (unpaired) electrons. The zero-order valence-corrected chi connectivity index (χ0v) is 13.4. The number of ether oxygens (including phenoxy) is 2. The second-order valence-corrected chi connectivity index (χ2v) is 6.22. The molecule has 1 amide bonds. The van der Waals surface area contributed by atoms with Crippen molar-refractivity contribution in [1.29, 1.82) is 0 Å². The average Bonchev–Trinajstić information content (AvgIpc) is 3.12. The fraction of sp³-hybridized carbons (Fsp3) is 0.429. The van der Waals surface area contributed by atoms with Crippen LogP contribution in [0.1, 0.15) is 12.8 Å². The molecule has 24 heavy (non-hydrogen) atoms. The highest BCUT2D eigenvalue weighted by Gasteiger charge is 2.31. The van der Waals surface area contributed by atoms with Crippen LogP contribution in [0.3, 0.4) is 0 Å². The fourth-order valence-corrected chi connectivity index (χ4v) is 3.39. The minimum Gasteiger partial charge on any atom is -0.406 e. The summed E-state index contributed by atoms with van der Waals surface area (Å²) in [7, 11) is 1.71. The maximum atomic E-state index is 12.3. The van der Waals surface area contributed by atoms with E-state index in [2.05, 4.69) is 15.3 Å². The number of carbonyl (C=O) groups excluding carboxylic acids is 1. The van der Waals surface area contributed by atoms with Crippen molar-refractivity contribution >= 4 is 27.5 Å². The predicted octanol–water partition coefficient (Wildman–Crippen LogP) is 2.25. The van der Waals surface area contributed by atoms with Crippen molar-refractivity contribution in [3.05, 3.63) is 23.0 Å². The lowest BCUT2D eigenvalue weighted by Crippen LogP contribution is -2.32. The van der Waals surface area contributed by atoms with Gasteiger partial charge in [0.2, 0.25) is 4.80 Å². The van der Waals surface area contributed by atoms with Crippen LogP contribution < -0.4 is 15.0 Å². The third kappa shape index (κ3) is 3.70. The van der Waals surface area contributed by atoms with Gasteiger partial charge in [0.25, 0.3) is 5.91 Å². The Kier molecular flexibility index (Phi) is 4.50. The molecule has 0 aliphatic carbocycles. The van der Waals surface area contributed by atoms with E-state index >= 15 is 0 Å². The number of alkyl halides is 3. The van der Waals surface area contributed by atoms with Crippen LogP contribution in [0, 0.1) is 0 Å². The summed E-state index contributed by atoms with van der Waals surface area (Å²) in [4.78, 5) is 12.3. The number of benzene rings is 1. The Bertz CT molecular complexity index is 822. The number of thiazole rings is 1. The van der Waals surface area contributed by atoms with E-state index in [-0.39, 0.29) is 11.7 Å². The molecule has 10 heteroatoms. The number of carbonyl (C=O) groups is 1. The molecular formula is C14H14F3N3O3S. The van der Waals surface area contributed by atoms with E-state index in [1.54, 1.807) is 11.6 Å². The molecule has 1 aliphatic rings. The number of hydrogen-bond donors (Lipinski definition) is 1. The van der Waals surface area contributed by atoms with Gasteiger partial charge >= 0.3 is 6.36 Å². The maximum absolute atomic E-state index is 12.3. The summed E-state index contributed by atoms with van der Waals surface area (Å²) >= 11 is 1.14. The number of nitrogens with one attached hydrogen (secondary N) is 1. The Morgan fingerprint density at radius 1 is 1.50 bits per heavy atom. The third-order valence-corrected chi connectivity index (χ3v) is 4.59. The van der Waals surface area contributed by atoms with Crippen LogP contribution in [0.15, 0.2) is 23.3 Å². The van der Waals surface area contributed by atoms with Gasteiger partial charge in [0.1, 0.15) is 11.9 Å². The van der Waals surface area contributed by atoms with Gasteiger partial charge in [-0.15, -0.1) is 18.3 Å². The average molecular weight is 361 g/mol. The number of aromatic nitrogens is 1. The van der Waals surface area contributed by atoms with E-state index < -0.39 is 12.5 Å². The monoisotopic (exact) mass is 361 g/mol. The van der Waals surface area contributed by atoms with Crippen LogP contribution in [0.5, 0.6) is 5.75 Å². The number of aryl methyl sites for hydroxylation is 1. The standard InChI is InChI=1S/C14H14F3N3O3S/c1-20-9-5-4-8(23-14(15,16)17)7-11(9)24-13(20)19-18-12(21)10-3-2-6-22-10/h4-5,7,10H,2-3,6H2,1H3,(H,18,21)/b19-13+. The molecule has 0 bridgehead atoms. The van der Waals surface area contributed by atoms with Gasteiger partial charge in [0.05, 0.1) is 10.2 Å². The van der Waals surface area contributed by atoms with Gasteiger partial charge in [0, 0.05) is 13.7 Å². The molecule has 1 atom stereocenters. The highest BCUT2D eigenvalue weighted by Crippen LogP contribution is 2.27. The van der Waals surface area contributed by atoms with Gasteiger partial charge in [-0.3, -0.25) is 4.79 Å². The van der Waals surface area contributed by atoms with E-state index in [4.69, 9.17) is 4.74 Å². The van der Waals surface area contributed by atoms with Crippen LogP contribution in [0.4, 0.5) is 13.2 Å². The number of rotatable bonds is 3. The van der Waals surface area contributed by atoms with Gasteiger partial charge in [-0.05, 0) is 31.0 Å². The van der Waals surface area contributed by atoms with Crippen LogP contribution in [-0.2, 0) is 16.6 Å². The molecule has 1 unspecified atom stereocenters. The molecular weight excluding hydrogens is 347 g/mol. The third-order valence-electron chi connectivity index (χ3n) is 3.50. The zero-order valence-electron chi connectivity index (χ0n) is 12.6. The van der Waals surface area contributed by atoms with E-state index in [1.165, 1.54) is 18.2 Å². The van der Waals surface area contributed by atoms with Gasteiger partial charge < -0.3 is 14.0 Å². The topological polar surface area (TPSA) is 64.9 Å². The molecule has 6 nitrogen and oxygen atoms in total.